The number of benzene rings is 1. The smallest absolute Gasteiger partial charge is 0.322 e. The van der Waals surface area contributed by atoms with E-state index < -0.39 is 0 Å². The van der Waals surface area contributed by atoms with E-state index in [1.54, 1.807) is 0 Å². The number of hydrogen-bond donors (Lipinski definition) is 1. The summed E-state index contributed by atoms with van der Waals surface area (Å²) in [5.41, 5.74) is 0.788. The maximum absolute atomic E-state index is 12.4. The molecule has 1 fully saturated rings. The van der Waals surface area contributed by atoms with Gasteiger partial charge in [0.05, 0.1) is 18.8 Å². The fraction of sp³-hybridized carbons (Fsp3) is 0.696. The summed E-state index contributed by atoms with van der Waals surface area (Å²) >= 11 is 0. The van der Waals surface area contributed by atoms with Crippen LogP contribution in [0.2, 0.25) is 0 Å². The molecule has 1 aliphatic heterocycles. The van der Waals surface area contributed by atoms with Gasteiger partial charge in [0.2, 0.25) is 0 Å². The van der Waals surface area contributed by atoms with Crippen LogP contribution in [0.25, 0.3) is 0 Å². The predicted octanol–water partition coefficient (Wildman–Crippen LogP) is 5.85. The Balaban J connectivity index is 1.61. The van der Waals surface area contributed by atoms with Crippen molar-refractivity contribution >= 4 is 11.7 Å². The maximum atomic E-state index is 12.4. The zero-order chi connectivity index (χ0) is 20.2. The summed E-state index contributed by atoms with van der Waals surface area (Å²) in [7, 11) is 0. The third-order valence-corrected chi connectivity index (χ3v) is 5.08. The minimum absolute atomic E-state index is 0.0709. The van der Waals surface area contributed by atoms with E-state index in [2.05, 4.69) is 12.2 Å². The van der Waals surface area contributed by atoms with Gasteiger partial charge in [-0.25, -0.2) is 4.79 Å². The van der Waals surface area contributed by atoms with Crippen LogP contribution in [0.3, 0.4) is 0 Å². The Hall–Kier alpha value is -1.75. The summed E-state index contributed by atoms with van der Waals surface area (Å²) in [5, 5.41) is 2.96. The Morgan fingerprint density at radius 2 is 1.57 bits per heavy atom. The summed E-state index contributed by atoms with van der Waals surface area (Å²) in [6.45, 7) is 8.24. The standard InChI is InChI=1S/C23H38N2O3/c1-4-5-6-7-8-9-10-11-16-27-22-14-12-21(13-15-22)24-23(26)25-17-19(2)28-20(3)18-25/h12-15,19-20H,4-11,16-18H2,1-3H3,(H,24,26)/t19-,20-/m1/s1. The van der Waals surface area contributed by atoms with Crippen LogP contribution in [0, 0.1) is 0 Å². The van der Waals surface area contributed by atoms with Crippen molar-refractivity contribution in [2.24, 2.45) is 0 Å². The van der Waals surface area contributed by atoms with E-state index in [-0.39, 0.29) is 18.2 Å². The van der Waals surface area contributed by atoms with E-state index in [0.29, 0.717) is 13.1 Å². The lowest BCUT2D eigenvalue weighted by atomic mass is 10.1. The minimum Gasteiger partial charge on any atom is -0.494 e. The Morgan fingerprint density at radius 1 is 1.00 bits per heavy atom. The van der Waals surface area contributed by atoms with Crippen LogP contribution in [0.4, 0.5) is 10.5 Å². The number of carbonyl (C=O) groups is 1. The van der Waals surface area contributed by atoms with Crippen molar-refractivity contribution in [3.63, 3.8) is 0 Å². The molecule has 28 heavy (non-hydrogen) atoms. The Morgan fingerprint density at radius 3 is 2.18 bits per heavy atom. The van der Waals surface area contributed by atoms with Crippen molar-refractivity contribution < 1.29 is 14.3 Å². The van der Waals surface area contributed by atoms with E-state index in [1.165, 1.54) is 44.9 Å². The van der Waals surface area contributed by atoms with E-state index >= 15 is 0 Å². The topological polar surface area (TPSA) is 50.8 Å². The molecule has 0 bridgehead atoms. The number of nitrogens with zero attached hydrogens (tertiary/aromatic N) is 1. The van der Waals surface area contributed by atoms with Crippen LogP contribution in [0.1, 0.15) is 72.1 Å². The molecule has 2 atom stereocenters. The van der Waals surface area contributed by atoms with E-state index in [4.69, 9.17) is 9.47 Å². The number of rotatable bonds is 11. The van der Waals surface area contributed by atoms with Gasteiger partial charge >= 0.3 is 6.03 Å². The highest BCUT2D eigenvalue weighted by Crippen LogP contribution is 2.18. The molecule has 0 aromatic heterocycles. The molecule has 0 saturated carbocycles. The van der Waals surface area contributed by atoms with Crippen molar-refractivity contribution in [3.05, 3.63) is 24.3 Å². The summed E-state index contributed by atoms with van der Waals surface area (Å²) in [6.07, 6.45) is 10.5. The van der Waals surface area contributed by atoms with Crippen LogP contribution in [0.15, 0.2) is 24.3 Å². The van der Waals surface area contributed by atoms with Gasteiger partial charge in [-0.1, -0.05) is 51.9 Å². The lowest BCUT2D eigenvalue weighted by Gasteiger charge is -2.35. The SMILES string of the molecule is CCCCCCCCCCOc1ccc(NC(=O)N2C[C@@H](C)O[C@H](C)C2)cc1. The second-order valence-electron chi connectivity index (χ2n) is 7.94. The van der Waals surface area contributed by atoms with Gasteiger partial charge in [-0.2, -0.15) is 0 Å². The largest absolute Gasteiger partial charge is 0.494 e. The van der Waals surface area contributed by atoms with Gasteiger partial charge in [0, 0.05) is 18.8 Å². The monoisotopic (exact) mass is 390 g/mol. The molecule has 1 aromatic carbocycles. The molecular formula is C23H38N2O3. The minimum atomic E-state index is -0.0744. The number of carbonyl (C=O) groups excluding carboxylic acids is 1. The first-order chi connectivity index (χ1) is 13.6. The van der Waals surface area contributed by atoms with Gasteiger partial charge in [0.25, 0.3) is 0 Å². The molecule has 0 radical (unpaired) electrons. The Kier molecular flexibility index (Phi) is 10.2. The molecule has 0 spiro atoms. The second-order valence-corrected chi connectivity index (χ2v) is 7.94. The Labute approximate surface area is 170 Å². The summed E-state index contributed by atoms with van der Waals surface area (Å²) in [4.78, 5) is 14.2. The summed E-state index contributed by atoms with van der Waals surface area (Å²) in [6, 6.07) is 7.56. The lowest BCUT2D eigenvalue weighted by Crippen LogP contribution is -2.49. The average Bonchev–Trinajstić information content (AvgIpc) is 2.67. The van der Waals surface area contributed by atoms with Crippen molar-refractivity contribution in [3.8, 4) is 5.75 Å². The first kappa shape index (κ1) is 22.5. The molecule has 0 unspecified atom stereocenters. The number of nitrogens with one attached hydrogen (secondary N) is 1. The normalized spacial score (nSPS) is 19.5. The molecule has 5 heteroatoms. The van der Waals surface area contributed by atoms with Crippen molar-refractivity contribution in [2.45, 2.75) is 84.3 Å². The lowest BCUT2D eigenvalue weighted by molar-refractivity contribution is -0.0530. The van der Waals surface area contributed by atoms with Gasteiger partial charge in [-0.05, 0) is 44.5 Å². The molecule has 2 amide bonds. The van der Waals surface area contributed by atoms with E-state index in [1.807, 2.05) is 43.0 Å². The quantitative estimate of drug-likeness (QED) is 0.482. The number of amides is 2. The van der Waals surface area contributed by atoms with Crippen LogP contribution < -0.4 is 10.1 Å². The highest BCUT2D eigenvalue weighted by Gasteiger charge is 2.25. The first-order valence-electron chi connectivity index (χ1n) is 11.0. The molecule has 1 heterocycles. The molecule has 1 N–H and O–H groups in total. The summed E-state index contributed by atoms with van der Waals surface area (Å²) in [5.74, 6) is 0.856. The zero-order valence-electron chi connectivity index (χ0n) is 17.9. The zero-order valence-corrected chi connectivity index (χ0v) is 17.9. The molecule has 1 aromatic rings. The number of unbranched alkanes of at least 4 members (excludes halogenated alkanes) is 7. The predicted molar refractivity (Wildman–Crippen MR) is 115 cm³/mol. The van der Waals surface area contributed by atoms with Crippen LogP contribution in [0.5, 0.6) is 5.75 Å². The number of anilines is 1. The molecular weight excluding hydrogens is 352 g/mol. The van der Waals surface area contributed by atoms with Gasteiger partial charge in [-0.3, -0.25) is 0 Å². The third kappa shape index (κ3) is 8.51. The van der Waals surface area contributed by atoms with Crippen LogP contribution in [-0.2, 0) is 4.74 Å². The van der Waals surface area contributed by atoms with Crippen molar-refractivity contribution in [2.75, 3.05) is 25.0 Å². The van der Waals surface area contributed by atoms with E-state index in [0.717, 1.165) is 24.5 Å². The third-order valence-electron chi connectivity index (χ3n) is 5.08. The number of ether oxygens (including phenoxy) is 2. The van der Waals surface area contributed by atoms with Crippen LogP contribution >= 0.6 is 0 Å². The summed E-state index contributed by atoms with van der Waals surface area (Å²) < 4.78 is 11.5. The van der Waals surface area contributed by atoms with Crippen LogP contribution in [-0.4, -0.2) is 42.8 Å². The molecule has 1 aliphatic rings. The van der Waals surface area contributed by atoms with Crippen molar-refractivity contribution in [1.29, 1.82) is 0 Å². The fourth-order valence-electron chi connectivity index (χ4n) is 3.61. The Bertz CT molecular complexity index is 551. The first-order valence-corrected chi connectivity index (χ1v) is 11.0. The highest BCUT2D eigenvalue weighted by atomic mass is 16.5. The fourth-order valence-corrected chi connectivity index (χ4v) is 3.61. The molecule has 158 valence electrons. The van der Waals surface area contributed by atoms with Gasteiger partial charge < -0.3 is 19.7 Å². The molecule has 2 rings (SSSR count). The van der Waals surface area contributed by atoms with Gasteiger partial charge in [0.15, 0.2) is 0 Å². The highest BCUT2D eigenvalue weighted by molar-refractivity contribution is 5.89. The maximum Gasteiger partial charge on any atom is 0.322 e. The second kappa shape index (κ2) is 12.7. The van der Waals surface area contributed by atoms with E-state index in [9.17, 15) is 4.79 Å². The molecule has 5 nitrogen and oxygen atoms in total. The van der Waals surface area contributed by atoms with Gasteiger partial charge in [-0.15, -0.1) is 0 Å². The number of morpholine rings is 1. The van der Waals surface area contributed by atoms with Gasteiger partial charge in [0.1, 0.15) is 5.75 Å². The molecule has 1 saturated heterocycles. The average molecular weight is 391 g/mol. The number of urea groups is 1. The number of hydrogen-bond acceptors (Lipinski definition) is 3. The molecule has 0 aliphatic carbocycles. The van der Waals surface area contributed by atoms with Crippen molar-refractivity contribution in [1.82, 2.24) is 4.90 Å².